The molecule has 0 heterocycles. The topological polar surface area (TPSA) is 20.2 Å². The fourth-order valence-electron chi connectivity index (χ4n) is 1.48. The molecule has 0 aliphatic carbocycles. The van der Waals surface area contributed by atoms with E-state index in [2.05, 4.69) is 25.7 Å². The summed E-state index contributed by atoms with van der Waals surface area (Å²) in [5.41, 5.74) is -0.629. The molecule has 0 aromatic rings. The maximum atomic E-state index is 9.61. The summed E-state index contributed by atoms with van der Waals surface area (Å²) in [5.74, 6) is 0. The van der Waals surface area contributed by atoms with Gasteiger partial charge in [0.1, 0.15) is 0 Å². The van der Waals surface area contributed by atoms with Gasteiger partial charge in [-0.15, -0.1) is 0 Å². The van der Waals surface area contributed by atoms with E-state index in [1.807, 2.05) is 19.9 Å². The van der Waals surface area contributed by atoms with Crippen molar-refractivity contribution in [3.8, 4) is 0 Å². The number of aliphatic hydroxyl groups is 1. The zero-order valence-corrected chi connectivity index (χ0v) is 11.8. The monoisotopic (exact) mass is 246 g/mol. The molecule has 1 nitrogen and oxygen atoms in total. The molecular weight excluding hydrogens is 221 g/mol. The molecule has 0 saturated carbocycles. The predicted molar refractivity (Wildman–Crippen MR) is 62.6 cm³/mol. The van der Waals surface area contributed by atoms with Crippen LogP contribution < -0.4 is 0 Å². The molecule has 0 unspecified atom stereocenters. The summed E-state index contributed by atoms with van der Waals surface area (Å²) in [7, 11) is 0. The molecule has 0 atom stereocenters. The summed E-state index contributed by atoms with van der Waals surface area (Å²) in [4.78, 5) is 2.38. The Hall–Kier alpha value is 0.243. The van der Waals surface area contributed by atoms with Crippen LogP contribution in [0.4, 0.5) is 0 Å². The molecule has 0 bridgehead atoms. The van der Waals surface area contributed by atoms with Gasteiger partial charge in [0.2, 0.25) is 0 Å². The van der Waals surface area contributed by atoms with Crippen molar-refractivity contribution < 1.29 is 5.11 Å². The molecular formula is C11H24GeO. The van der Waals surface area contributed by atoms with Crippen LogP contribution in [0, 0.1) is 0 Å². The summed E-state index contributed by atoms with van der Waals surface area (Å²) < 4.78 is 0. The Bertz CT molecular complexity index is 155. The molecule has 0 saturated heterocycles. The van der Waals surface area contributed by atoms with Crippen LogP contribution in [0.5, 0.6) is 0 Å². The Morgan fingerprint density at radius 1 is 1.08 bits per heavy atom. The molecule has 2 heteroatoms. The zero-order chi connectivity index (χ0) is 10.5. The van der Waals surface area contributed by atoms with E-state index in [0.29, 0.717) is 0 Å². The van der Waals surface area contributed by atoms with Gasteiger partial charge in [-0.3, -0.25) is 0 Å². The van der Waals surface area contributed by atoms with Gasteiger partial charge in [-0.25, -0.2) is 0 Å². The van der Waals surface area contributed by atoms with Gasteiger partial charge in [-0.1, -0.05) is 0 Å². The second kappa shape index (κ2) is 5.20. The molecule has 13 heavy (non-hydrogen) atoms. The van der Waals surface area contributed by atoms with Crippen LogP contribution in [0.25, 0.3) is 0 Å². The van der Waals surface area contributed by atoms with Crippen molar-refractivity contribution in [2.45, 2.75) is 56.0 Å². The Labute approximate surface area is 85.6 Å². The number of hydrogen-bond acceptors (Lipinski definition) is 1. The third kappa shape index (κ3) is 4.87. The molecule has 0 spiro atoms. The van der Waals surface area contributed by atoms with Crippen LogP contribution in [-0.2, 0) is 0 Å². The SMILES string of the molecule is C[CH2][Ge](/[CH]=C/C(C)(C)O)([CH2]C)[CH2]C. The first-order valence-corrected chi connectivity index (χ1v) is 11.0. The summed E-state index contributed by atoms with van der Waals surface area (Å²) in [5, 5.41) is 13.6. The summed E-state index contributed by atoms with van der Waals surface area (Å²) >= 11 is -1.68. The van der Waals surface area contributed by atoms with E-state index in [0.717, 1.165) is 0 Å². The molecule has 0 aromatic heterocycles. The number of hydrogen-bond donors (Lipinski definition) is 1. The standard InChI is InChI=1S/C11H24GeO/c1-6-12(7-2,8-3)10-9-11(4,5)13/h9-10,13H,6-8H2,1-5H3/b10-9+. The van der Waals surface area contributed by atoms with Gasteiger partial charge < -0.3 is 0 Å². The predicted octanol–water partition coefficient (Wildman–Crippen LogP) is 3.36. The Kier molecular flexibility index (Phi) is 5.30. The molecule has 0 aliphatic rings. The van der Waals surface area contributed by atoms with E-state index in [1.54, 1.807) is 0 Å². The van der Waals surface area contributed by atoms with Crippen LogP contribution in [0.15, 0.2) is 11.0 Å². The first-order valence-electron chi connectivity index (χ1n) is 5.32. The van der Waals surface area contributed by atoms with Gasteiger partial charge in [0, 0.05) is 0 Å². The third-order valence-corrected chi connectivity index (χ3v) is 13.7. The van der Waals surface area contributed by atoms with Crippen LogP contribution in [-0.4, -0.2) is 24.0 Å². The van der Waals surface area contributed by atoms with E-state index < -0.39 is 18.9 Å². The Balaban J connectivity index is 4.51. The summed E-state index contributed by atoms with van der Waals surface area (Å²) in [6, 6.07) is 0. The van der Waals surface area contributed by atoms with Crippen molar-refractivity contribution in [3.63, 3.8) is 0 Å². The second-order valence-electron chi connectivity index (χ2n) is 4.41. The summed E-state index contributed by atoms with van der Waals surface area (Å²) in [6.45, 7) is 10.6. The van der Waals surface area contributed by atoms with E-state index in [4.69, 9.17) is 0 Å². The fraction of sp³-hybridized carbons (Fsp3) is 0.818. The average Bonchev–Trinajstić information content (AvgIpc) is 2.06. The Morgan fingerprint density at radius 2 is 1.46 bits per heavy atom. The third-order valence-electron chi connectivity index (χ3n) is 2.96. The quantitative estimate of drug-likeness (QED) is 0.736. The molecule has 0 aliphatic heterocycles. The van der Waals surface area contributed by atoms with Crippen molar-refractivity contribution in [2.75, 3.05) is 0 Å². The fourth-order valence-corrected chi connectivity index (χ4v) is 7.71. The van der Waals surface area contributed by atoms with E-state index in [-0.39, 0.29) is 0 Å². The molecule has 0 fully saturated rings. The minimum atomic E-state index is -1.68. The van der Waals surface area contributed by atoms with Gasteiger partial charge in [0.15, 0.2) is 0 Å². The molecule has 1 N–H and O–H groups in total. The van der Waals surface area contributed by atoms with Crippen LogP contribution in [0.3, 0.4) is 0 Å². The van der Waals surface area contributed by atoms with Crippen molar-refractivity contribution in [1.82, 2.24) is 0 Å². The molecule has 0 aromatic carbocycles. The van der Waals surface area contributed by atoms with Gasteiger partial charge >= 0.3 is 85.3 Å². The van der Waals surface area contributed by atoms with Gasteiger partial charge in [0.25, 0.3) is 0 Å². The van der Waals surface area contributed by atoms with Crippen molar-refractivity contribution in [2.24, 2.45) is 0 Å². The van der Waals surface area contributed by atoms with Crippen LogP contribution in [0.1, 0.15) is 34.6 Å². The van der Waals surface area contributed by atoms with Gasteiger partial charge in [-0.05, 0) is 0 Å². The second-order valence-corrected chi connectivity index (χ2v) is 15.3. The molecule has 0 radical (unpaired) electrons. The average molecular weight is 245 g/mol. The van der Waals surface area contributed by atoms with Crippen molar-refractivity contribution in [1.29, 1.82) is 0 Å². The van der Waals surface area contributed by atoms with Gasteiger partial charge in [0.05, 0.1) is 0 Å². The van der Waals surface area contributed by atoms with E-state index in [9.17, 15) is 5.11 Å². The first kappa shape index (κ1) is 13.2. The maximum absolute atomic E-state index is 9.61. The zero-order valence-electron chi connectivity index (χ0n) is 9.72. The van der Waals surface area contributed by atoms with Crippen molar-refractivity contribution in [3.05, 3.63) is 11.0 Å². The Morgan fingerprint density at radius 3 is 1.69 bits per heavy atom. The van der Waals surface area contributed by atoms with Crippen LogP contribution in [0.2, 0.25) is 15.8 Å². The van der Waals surface area contributed by atoms with Crippen LogP contribution >= 0.6 is 0 Å². The molecule has 0 amide bonds. The summed E-state index contributed by atoms with van der Waals surface area (Å²) in [6.07, 6.45) is 2.00. The number of rotatable bonds is 5. The van der Waals surface area contributed by atoms with Crippen molar-refractivity contribution >= 4 is 13.3 Å². The molecule has 78 valence electrons. The minimum absolute atomic E-state index is 0.629. The van der Waals surface area contributed by atoms with E-state index in [1.165, 1.54) is 15.8 Å². The van der Waals surface area contributed by atoms with E-state index >= 15 is 0 Å². The first-order chi connectivity index (χ1) is 5.89. The molecule has 0 rings (SSSR count). The van der Waals surface area contributed by atoms with Gasteiger partial charge in [-0.2, -0.15) is 0 Å². The normalized spacial score (nSPS) is 14.0.